The number of rotatable bonds is 5. The number of hydrogen-bond donors (Lipinski definition) is 1. The van der Waals surface area contributed by atoms with Crippen LogP contribution in [0.4, 0.5) is 5.13 Å². The molecule has 18 heavy (non-hydrogen) atoms. The van der Waals surface area contributed by atoms with Crippen molar-refractivity contribution in [2.75, 3.05) is 19.0 Å². The number of ether oxygens (including phenoxy) is 1. The highest BCUT2D eigenvalue weighted by Crippen LogP contribution is 2.30. The van der Waals surface area contributed by atoms with Gasteiger partial charge in [0.15, 0.2) is 5.13 Å². The third kappa shape index (κ3) is 3.31. The average Bonchev–Trinajstić information content (AvgIpc) is 2.78. The lowest BCUT2D eigenvalue weighted by molar-refractivity contribution is 0.190. The van der Waals surface area contributed by atoms with Crippen molar-refractivity contribution < 1.29 is 4.74 Å². The molecule has 0 fully saturated rings. The van der Waals surface area contributed by atoms with E-state index < -0.39 is 0 Å². The molecule has 2 aromatic rings. The number of benzene rings is 1. The first kappa shape index (κ1) is 13.5. The van der Waals surface area contributed by atoms with Gasteiger partial charge in [0.05, 0.1) is 12.3 Å². The molecule has 0 radical (unpaired) electrons. The highest BCUT2D eigenvalue weighted by molar-refractivity contribution is 9.10. The standard InChI is InChI=1S/C13H15BrN2OS/c1-9(7-17-2)15-13-16-12(8-18-13)10-5-3-4-6-11(10)14/h3-6,8-9H,7H2,1-2H3,(H,15,16)/t9-/m1/s1. The lowest BCUT2D eigenvalue weighted by Crippen LogP contribution is -2.20. The first-order valence-electron chi connectivity index (χ1n) is 5.66. The Labute approximate surface area is 119 Å². The van der Waals surface area contributed by atoms with E-state index in [1.807, 2.05) is 18.2 Å². The summed E-state index contributed by atoms with van der Waals surface area (Å²) in [6, 6.07) is 8.35. The summed E-state index contributed by atoms with van der Waals surface area (Å²) in [6.45, 7) is 2.74. The number of hydrogen-bond acceptors (Lipinski definition) is 4. The zero-order valence-electron chi connectivity index (χ0n) is 10.3. The Hall–Kier alpha value is -0.910. The lowest BCUT2D eigenvalue weighted by Gasteiger charge is -2.10. The van der Waals surface area contributed by atoms with Crippen LogP contribution in [0.1, 0.15) is 6.92 Å². The molecule has 0 amide bonds. The predicted octanol–water partition coefficient (Wildman–Crippen LogP) is 4.02. The fraction of sp³-hybridized carbons (Fsp3) is 0.308. The quantitative estimate of drug-likeness (QED) is 0.901. The predicted molar refractivity (Wildman–Crippen MR) is 80.2 cm³/mol. The van der Waals surface area contributed by atoms with Gasteiger partial charge in [0.2, 0.25) is 0 Å². The molecular formula is C13H15BrN2OS. The molecular weight excluding hydrogens is 312 g/mol. The van der Waals surface area contributed by atoms with E-state index in [-0.39, 0.29) is 6.04 Å². The minimum atomic E-state index is 0.258. The van der Waals surface area contributed by atoms with Crippen LogP contribution in [0.25, 0.3) is 11.3 Å². The first-order valence-corrected chi connectivity index (χ1v) is 7.34. The zero-order valence-corrected chi connectivity index (χ0v) is 12.7. The van der Waals surface area contributed by atoms with Crippen LogP contribution in [0.15, 0.2) is 34.1 Å². The van der Waals surface area contributed by atoms with Gasteiger partial charge in [0.25, 0.3) is 0 Å². The molecule has 0 bridgehead atoms. The van der Waals surface area contributed by atoms with Crippen LogP contribution >= 0.6 is 27.3 Å². The summed E-state index contributed by atoms with van der Waals surface area (Å²) < 4.78 is 6.16. The normalized spacial score (nSPS) is 12.4. The van der Waals surface area contributed by atoms with E-state index in [0.29, 0.717) is 6.61 Å². The molecule has 0 saturated carbocycles. The molecule has 1 aromatic heterocycles. The lowest BCUT2D eigenvalue weighted by atomic mass is 10.2. The minimum Gasteiger partial charge on any atom is -0.383 e. The van der Waals surface area contributed by atoms with Gasteiger partial charge in [-0.05, 0) is 13.0 Å². The largest absolute Gasteiger partial charge is 0.383 e. The molecule has 96 valence electrons. The second kappa shape index (κ2) is 6.31. The van der Waals surface area contributed by atoms with Crippen molar-refractivity contribution in [1.29, 1.82) is 0 Å². The smallest absolute Gasteiger partial charge is 0.183 e. The van der Waals surface area contributed by atoms with Crippen molar-refractivity contribution in [3.05, 3.63) is 34.1 Å². The number of thiazole rings is 1. The van der Waals surface area contributed by atoms with Crippen LogP contribution in [-0.2, 0) is 4.74 Å². The number of nitrogens with zero attached hydrogens (tertiary/aromatic N) is 1. The fourth-order valence-electron chi connectivity index (χ4n) is 1.64. The highest BCUT2D eigenvalue weighted by atomic mass is 79.9. The van der Waals surface area contributed by atoms with E-state index in [2.05, 4.69) is 44.6 Å². The fourth-order valence-corrected chi connectivity index (χ4v) is 2.95. The maximum absolute atomic E-state index is 5.09. The van der Waals surface area contributed by atoms with Crippen LogP contribution in [-0.4, -0.2) is 24.7 Å². The van der Waals surface area contributed by atoms with Gasteiger partial charge in [0.1, 0.15) is 0 Å². The van der Waals surface area contributed by atoms with Crippen molar-refractivity contribution in [1.82, 2.24) is 4.98 Å². The summed E-state index contributed by atoms with van der Waals surface area (Å²) in [5.41, 5.74) is 2.10. The monoisotopic (exact) mass is 326 g/mol. The molecule has 0 unspecified atom stereocenters. The molecule has 0 aliphatic rings. The molecule has 3 nitrogen and oxygen atoms in total. The van der Waals surface area contributed by atoms with Crippen molar-refractivity contribution in [3.63, 3.8) is 0 Å². The number of nitrogens with one attached hydrogen (secondary N) is 1. The van der Waals surface area contributed by atoms with Crippen molar-refractivity contribution in [2.45, 2.75) is 13.0 Å². The van der Waals surface area contributed by atoms with Gasteiger partial charge in [-0.1, -0.05) is 34.1 Å². The van der Waals surface area contributed by atoms with Gasteiger partial charge in [-0.2, -0.15) is 0 Å². The Kier molecular flexibility index (Phi) is 4.74. The maximum atomic E-state index is 5.09. The molecule has 1 aromatic carbocycles. The van der Waals surface area contributed by atoms with Crippen LogP contribution < -0.4 is 5.32 Å². The molecule has 1 N–H and O–H groups in total. The van der Waals surface area contributed by atoms with Crippen molar-refractivity contribution >= 4 is 32.4 Å². The summed E-state index contributed by atoms with van der Waals surface area (Å²) in [5.74, 6) is 0. The van der Waals surface area contributed by atoms with E-state index in [9.17, 15) is 0 Å². The Morgan fingerprint density at radius 1 is 1.44 bits per heavy atom. The van der Waals surface area contributed by atoms with Crippen LogP contribution in [0.2, 0.25) is 0 Å². The number of anilines is 1. The number of halogens is 1. The van der Waals surface area contributed by atoms with Gasteiger partial charge < -0.3 is 10.1 Å². The summed E-state index contributed by atoms with van der Waals surface area (Å²) in [7, 11) is 1.70. The van der Waals surface area contributed by atoms with Crippen LogP contribution in [0.3, 0.4) is 0 Å². The van der Waals surface area contributed by atoms with Gasteiger partial charge in [-0.3, -0.25) is 0 Å². The zero-order chi connectivity index (χ0) is 13.0. The third-order valence-corrected chi connectivity index (χ3v) is 3.91. The molecule has 0 saturated heterocycles. The molecule has 0 aliphatic carbocycles. The summed E-state index contributed by atoms with van der Waals surface area (Å²) in [6.07, 6.45) is 0. The van der Waals surface area contributed by atoms with Gasteiger partial charge in [-0.25, -0.2) is 4.98 Å². The van der Waals surface area contributed by atoms with Gasteiger partial charge >= 0.3 is 0 Å². The summed E-state index contributed by atoms with van der Waals surface area (Å²) in [5, 5.41) is 6.30. The maximum Gasteiger partial charge on any atom is 0.183 e. The number of aromatic nitrogens is 1. The minimum absolute atomic E-state index is 0.258. The second-order valence-electron chi connectivity index (χ2n) is 4.02. The van der Waals surface area contributed by atoms with Gasteiger partial charge in [-0.15, -0.1) is 11.3 Å². The topological polar surface area (TPSA) is 34.1 Å². The van der Waals surface area contributed by atoms with Crippen molar-refractivity contribution in [3.8, 4) is 11.3 Å². The molecule has 5 heteroatoms. The third-order valence-electron chi connectivity index (χ3n) is 2.44. The van der Waals surface area contributed by atoms with E-state index >= 15 is 0 Å². The molecule has 0 aliphatic heterocycles. The molecule has 1 atom stereocenters. The second-order valence-corrected chi connectivity index (χ2v) is 5.73. The molecule has 2 rings (SSSR count). The highest BCUT2D eigenvalue weighted by Gasteiger charge is 2.09. The summed E-state index contributed by atoms with van der Waals surface area (Å²) >= 11 is 5.15. The number of methoxy groups -OCH3 is 1. The Morgan fingerprint density at radius 3 is 2.94 bits per heavy atom. The van der Waals surface area contributed by atoms with Gasteiger partial charge in [0, 0.05) is 28.6 Å². The SMILES string of the molecule is COC[C@@H](C)Nc1nc(-c2ccccc2Br)cs1. The Balaban J connectivity index is 2.13. The van der Waals surface area contributed by atoms with Crippen LogP contribution in [0.5, 0.6) is 0 Å². The van der Waals surface area contributed by atoms with E-state index in [1.54, 1.807) is 18.4 Å². The van der Waals surface area contributed by atoms with E-state index in [4.69, 9.17) is 4.74 Å². The average molecular weight is 327 g/mol. The van der Waals surface area contributed by atoms with E-state index in [1.165, 1.54) is 0 Å². The van der Waals surface area contributed by atoms with Crippen molar-refractivity contribution in [2.24, 2.45) is 0 Å². The molecule has 1 heterocycles. The Morgan fingerprint density at radius 2 is 2.22 bits per heavy atom. The Bertz CT molecular complexity index is 515. The van der Waals surface area contributed by atoms with Crippen LogP contribution in [0, 0.1) is 0 Å². The van der Waals surface area contributed by atoms with E-state index in [0.717, 1.165) is 20.9 Å². The first-order chi connectivity index (χ1) is 8.70. The summed E-state index contributed by atoms with van der Waals surface area (Å²) in [4.78, 5) is 4.59. The molecule has 0 spiro atoms.